The molecule has 1 aromatic carbocycles. The van der Waals surface area contributed by atoms with Crippen LogP contribution in [0.4, 0.5) is 5.95 Å². The molecule has 0 spiro atoms. The highest BCUT2D eigenvalue weighted by Gasteiger charge is 2.10. The van der Waals surface area contributed by atoms with Crippen LogP contribution in [-0.4, -0.2) is 33.5 Å². The molecule has 1 heterocycles. The normalized spacial score (nSPS) is 10.9. The van der Waals surface area contributed by atoms with Crippen molar-refractivity contribution in [2.24, 2.45) is 0 Å². The molecule has 1 aromatic heterocycles. The van der Waals surface area contributed by atoms with Gasteiger partial charge >= 0.3 is 0 Å². The Bertz CT molecular complexity index is 692. The van der Waals surface area contributed by atoms with E-state index >= 15 is 0 Å². The van der Waals surface area contributed by atoms with Gasteiger partial charge in [0, 0.05) is 12.0 Å². The summed E-state index contributed by atoms with van der Waals surface area (Å²) in [5.41, 5.74) is 0.911. The van der Waals surface area contributed by atoms with Crippen molar-refractivity contribution in [2.45, 2.75) is 19.8 Å². The number of carbonyl (C=O) groups is 2. The van der Waals surface area contributed by atoms with Crippen molar-refractivity contribution in [2.75, 3.05) is 11.9 Å². The van der Waals surface area contributed by atoms with Crippen LogP contribution in [0.5, 0.6) is 0 Å². The molecular formula is C16H19N5O2. The molecule has 7 heteroatoms. The Morgan fingerprint density at radius 3 is 2.65 bits per heavy atom. The minimum atomic E-state index is -0.388. The van der Waals surface area contributed by atoms with E-state index in [4.69, 9.17) is 0 Å². The quantitative estimate of drug-likeness (QED) is 0.707. The summed E-state index contributed by atoms with van der Waals surface area (Å²) < 4.78 is 0. The zero-order valence-electron chi connectivity index (χ0n) is 13.0. The van der Waals surface area contributed by atoms with E-state index in [2.05, 4.69) is 25.8 Å². The van der Waals surface area contributed by atoms with Crippen molar-refractivity contribution < 1.29 is 9.59 Å². The van der Waals surface area contributed by atoms with Gasteiger partial charge in [-0.1, -0.05) is 44.2 Å². The van der Waals surface area contributed by atoms with E-state index in [0.29, 0.717) is 5.82 Å². The number of aromatic amines is 1. The maximum atomic E-state index is 11.7. The molecule has 0 saturated heterocycles. The van der Waals surface area contributed by atoms with E-state index in [9.17, 15) is 9.59 Å². The second-order valence-electron chi connectivity index (χ2n) is 5.21. The molecule has 0 fully saturated rings. The van der Waals surface area contributed by atoms with Crippen LogP contribution in [-0.2, 0) is 9.59 Å². The molecule has 0 aliphatic rings. The van der Waals surface area contributed by atoms with Gasteiger partial charge in [-0.3, -0.25) is 20.0 Å². The Morgan fingerprint density at radius 1 is 1.26 bits per heavy atom. The zero-order chi connectivity index (χ0) is 16.7. The van der Waals surface area contributed by atoms with E-state index < -0.39 is 0 Å². The first-order chi connectivity index (χ1) is 11.0. The van der Waals surface area contributed by atoms with Crippen LogP contribution in [0.2, 0.25) is 0 Å². The summed E-state index contributed by atoms with van der Waals surface area (Å²) in [6.07, 6.45) is 3.06. The van der Waals surface area contributed by atoms with Crippen LogP contribution in [0.15, 0.2) is 36.4 Å². The summed E-state index contributed by atoms with van der Waals surface area (Å²) in [4.78, 5) is 27.5. The molecule has 0 saturated carbocycles. The van der Waals surface area contributed by atoms with Gasteiger partial charge in [-0.25, -0.2) is 0 Å². The van der Waals surface area contributed by atoms with Gasteiger partial charge in [0.25, 0.3) is 0 Å². The van der Waals surface area contributed by atoms with Gasteiger partial charge < -0.3 is 5.32 Å². The van der Waals surface area contributed by atoms with E-state index in [1.807, 2.05) is 44.2 Å². The highest BCUT2D eigenvalue weighted by molar-refractivity contribution is 5.97. The minimum absolute atomic E-state index is 0.149. The molecule has 0 atom stereocenters. The van der Waals surface area contributed by atoms with Gasteiger partial charge in [-0.05, 0) is 11.6 Å². The maximum Gasteiger partial charge on any atom is 0.248 e. The molecule has 0 unspecified atom stereocenters. The smallest absolute Gasteiger partial charge is 0.248 e. The standard InChI is InChI=1S/C16H19N5O2/c1-11(2)15-19-16(21-20-15)18-14(23)10-17-13(22)9-8-12-6-4-3-5-7-12/h3-9,11H,10H2,1-2H3,(H,17,22)(H2,18,19,20,21,23)/b9-8-. The monoisotopic (exact) mass is 313 g/mol. The molecule has 0 aliphatic carbocycles. The van der Waals surface area contributed by atoms with Crippen molar-refractivity contribution in [3.63, 3.8) is 0 Å². The van der Waals surface area contributed by atoms with Crippen molar-refractivity contribution in [3.8, 4) is 0 Å². The van der Waals surface area contributed by atoms with Crippen molar-refractivity contribution >= 4 is 23.8 Å². The second kappa shape index (κ2) is 7.88. The average Bonchev–Trinajstić information content (AvgIpc) is 3.00. The minimum Gasteiger partial charge on any atom is -0.343 e. The molecule has 120 valence electrons. The number of amides is 2. The lowest BCUT2D eigenvalue weighted by Gasteiger charge is -2.02. The fraction of sp³-hybridized carbons (Fsp3) is 0.250. The Morgan fingerprint density at radius 2 is 2.00 bits per heavy atom. The fourth-order valence-electron chi connectivity index (χ4n) is 1.72. The number of H-pyrrole nitrogens is 1. The van der Waals surface area contributed by atoms with Gasteiger partial charge in [0.2, 0.25) is 17.8 Å². The number of hydrogen-bond donors (Lipinski definition) is 3. The van der Waals surface area contributed by atoms with Crippen molar-refractivity contribution in [1.29, 1.82) is 0 Å². The molecule has 2 rings (SSSR count). The predicted octanol–water partition coefficient (Wildman–Crippen LogP) is 1.70. The molecule has 3 N–H and O–H groups in total. The Balaban J connectivity index is 1.77. The van der Waals surface area contributed by atoms with Crippen LogP contribution in [0.1, 0.15) is 31.2 Å². The SMILES string of the molecule is CC(C)c1nc(NC(=O)CNC(=O)/C=C\c2ccccc2)n[nH]1. The van der Waals surface area contributed by atoms with E-state index in [-0.39, 0.29) is 30.2 Å². The lowest BCUT2D eigenvalue weighted by molar-refractivity contribution is -0.121. The molecule has 2 aromatic rings. The van der Waals surface area contributed by atoms with Crippen LogP contribution < -0.4 is 10.6 Å². The Kier molecular flexibility index (Phi) is 5.62. The number of benzene rings is 1. The van der Waals surface area contributed by atoms with Crippen LogP contribution in [0.3, 0.4) is 0 Å². The predicted molar refractivity (Wildman–Crippen MR) is 87.6 cm³/mol. The molecule has 0 radical (unpaired) electrons. The van der Waals surface area contributed by atoms with Crippen molar-refractivity contribution in [1.82, 2.24) is 20.5 Å². The third-order valence-corrected chi connectivity index (χ3v) is 2.95. The van der Waals surface area contributed by atoms with Gasteiger partial charge in [-0.15, -0.1) is 5.10 Å². The maximum absolute atomic E-state index is 11.7. The van der Waals surface area contributed by atoms with Gasteiger partial charge in [0.05, 0.1) is 6.54 Å². The number of hydrogen-bond acceptors (Lipinski definition) is 4. The Labute approximate surface area is 134 Å². The largest absolute Gasteiger partial charge is 0.343 e. The van der Waals surface area contributed by atoms with E-state index in [1.165, 1.54) is 6.08 Å². The van der Waals surface area contributed by atoms with E-state index in [1.54, 1.807) is 6.08 Å². The molecule has 0 bridgehead atoms. The Hall–Kier alpha value is -2.96. The van der Waals surface area contributed by atoms with Crippen molar-refractivity contribution in [3.05, 3.63) is 47.8 Å². The lowest BCUT2D eigenvalue weighted by Crippen LogP contribution is -2.32. The highest BCUT2D eigenvalue weighted by atomic mass is 16.2. The van der Waals surface area contributed by atoms with Crippen LogP contribution >= 0.6 is 0 Å². The topological polar surface area (TPSA) is 99.8 Å². The number of rotatable bonds is 6. The summed E-state index contributed by atoms with van der Waals surface area (Å²) in [6.45, 7) is 3.78. The summed E-state index contributed by atoms with van der Waals surface area (Å²) in [7, 11) is 0. The number of anilines is 1. The summed E-state index contributed by atoms with van der Waals surface area (Å²) in [6, 6.07) is 9.42. The fourth-order valence-corrected chi connectivity index (χ4v) is 1.72. The molecule has 0 aliphatic heterocycles. The van der Waals surface area contributed by atoms with Gasteiger partial charge in [0.1, 0.15) is 5.82 Å². The van der Waals surface area contributed by atoms with Gasteiger partial charge in [-0.2, -0.15) is 4.98 Å². The summed E-state index contributed by atoms with van der Waals surface area (Å²) >= 11 is 0. The van der Waals surface area contributed by atoms with Crippen LogP contribution in [0.25, 0.3) is 6.08 Å². The number of carbonyl (C=O) groups excluding carboxylic acids is 2. The zero-order valence-corrected chi connectivity index (χ0v) is 13.0. The van der Waals surface area contributed by atoms with Crippen LogP contribution in [0, 0.1) is 0 Å². The lowest BCUT2D eigenvalue weighted by atomic mass is 10.2. The van der Waals surface area contributed by atoms with Gasteiger partial charge in [0.15, 0.2) is 0 Å². The first kappa shape index (κ1) is 16.4. The summed E-state index contributed by atoms with van der Waals surface area (Å²) in [5.74, 6) is 0.349. The summed E-state index contributed by atoms with van der Waals surface area (Å²) in [5, 5.41) is 11.6. The highest BCUT2D eigenvalue weighted by Crippen LogP contribution is 2.09. The molecule has 23 heavy (non-hydrogen) atoms. The third-order valence-electron chi connectivity index (χ3n) is 2.95. The van der Waals surface area contributed by atoms with E-state index in [0.717, 1.165) is 5.56 Å². The number of nitrogens with one attached hydrogen (secondary N) is 3. The molecule has 7 nitrogen and oxygen atoms in total. The number of nitrogens with zero attached hydrogens (tertiary/aromatic N) is 2. The first-order valence-corrected chi connectivity index (χ1v) is 7.27. The molecular weight excluding hydrogens is 294 g/mol. The average molecular weight is 313 g/mol. The molecule has 2 amide bonds. The third kappa shape index (κ3) is 5.39. The first-order valence-electron chi connectivity index (χ1n) is 7.27. The second-order valence-corrected chi connectivity index (χ2v) is 5.21. The number of aromatic nitrogens is 3.